The Hall–Kier alpha value is -1.75. The average Bonchev–Trinajstić information content (AvgIpc) is 3.01. The van der Waals surface area contributed by atoms with Crippen LogP contribution >= 0.6 is 11.3 Å². The van der Waals surface area contributed by atoms with Gasteiger partial charge in [0.2, 0.25) is 0 Å². The smallest absolute Gasteiger partial charge is 0.271 e. The Bertz CT molecular complexity index is 599. The normalized spacial score (nSPS) is 14.4. The van der Waals surface area contributed by atoms with Crippen molar-refractivity contribution in [1.82, 2.24) is 9.47 Å². The van der Waals surface area contributed by atoms with Gasteiger partial charge in [0.05, 0.1) is 5.69 Å². The first kappa shape index (κ1) is 13.2. The molecule has 20 heavy (non-hydrogen) atoms. The number of carbonyl (C=O) groups is 1. The molecule has 0 radical (unpaired) electrons. The fourth-order valence-corrected chi connectivity index (χ4v) is 3.11. The highest BCUT2D eigenvalue weighted by Gasteiger charge is 2.34. The zero-order valence-corrected chi connectivity index (χ0v) is 12.4. The number of thiophene rings is 1. The van der Waals surface area contributed by atoms with Gasteiger partial charge in [0.25, 0.3) is 5.91 Å². The van der Waals surface area contributed by atoms with Crippen LogP contribution in [0.15, 0.2) is 29.1 Å². The van der Waals surface area contributed by atoms with Crippen molar-refractivity contribution in [1.29, 1.82) is 0 Å². The summed E-state index contributed by atoms with van der Waals surface area (Å²) in [6, 6.07) is 4.26. The molecule has 1 fully saturated rings. The first-order valence-electron chi connectivity index (χ1n) is 6.96. The Balaban J connectivity index is 1.85. The van der Waals surface area contributed by atoms with Crippen LogP contribution in [0.2, 0.25) is 0 Å². The van der Waals surface area contributed by atoms with E-state index in [-0.39, 0.29) is 5.91 Å². The van der Waals surface area contributed by atoms with E-state index >= 15 is 0 Å². The van der Waals surface area contributed by atoms with Gasteiger partial charge >= 0.3 is 0 Å². The molecule has 2 aromatic rings. The van der Waals surface area contributed by atoms with Gasteiger partial charge in [-0.3, -0.25) is 4.79 Å². The molecular formula is C15H19N3OS. The summed E-state index contributed by atoms with van der Waals surface area (Å²) >= 11 is 1.67. The predicted molar refractivity (Wildman–Crippen MR) is 81.7 cm³/mol. The maximum absolute atomic E-state index is 12.8. The minimum Gasteiger partial charge on any atom is -0.397 e. The monoisotopic (exact) mass is 289 g/mol. The van der Waals surface area contributed by atoms with E-state index in [2.05, 4.69) is 16.8 Å². The van der Waals surface area contributed by atoms with Crippen LogP contribution in [0.5, 0.6) is 0 Å². The third-order valence-electron chi connectivity index (χ3n) is 3.66. The predicted octanol–water partition coefficient (Wildman–Crippen LogP) is 2.96. The summed E-state index contributed by atoms with van der Waals surface area (Å²) in [7, 11) is 0. The van der Waals surface area contributed by atoms with Crippen molar-refractivity contribution in [3.8, 4) is 0 Å². The molecule has 0 aliphatic heterocycles. The van der Waals surface area contributed by atoms with E-state index < -0.39 is 0 Å². The first-order valence-corrected chi connectivity index (χ1v) is 7.91. The number of hydrogen-bond donors (Lipinski definition) is 1. The molecule has 0 aromatic carbocycles. The van der Waals surface area contributed by atoms with Gasteiger partial charge < -0.3 is 15.2 Å². The number of nitrogen functional groups attached to an aromatic ring is 1. The van der Waals surface area contributed by atoms with Crippen molar-refractivity contribution in [2.75, 3.05) is 5.73 Å². The van der Waals surface area contributed by atoms with E-state index in [1.807, 2.05) is 22.6 Å². The first-order chi connectivity index (χ1) is 9.69. The number of anilines is 1. The second-order valence-electron chi connectivity index (χ2n) is 5.24. The molecular weight excluding hydrogens is 270 g/mol. The van der Waals surface area contributed by atoms with Gasteiger partial charge in [-0.1, -0.05) is 0 Å². The van der Waals surface area contributed by atoms with Crippen LogP contribution in [-0.4, -0.2) is 21.4 Å². The SMILES string of the molecule is CCn1cc(N)cc1C(=O)N(Cc1ccsc1)C1CC1. The molecule has 1 amide bonds. The molecule has 1 aliphatic carbocycles. The quantitative estimate of drug-likeness (QED) is 0.920. The fourth-order valence-electron chi connectivity index (χ4n) is 2.45. The number of aromatic nitrogens is 1. The molecule has 1 saturated carbocycles. The number of nitrogens with zero attached hydrogens (tertiary/aromatic N) is 2. The minimum atomic E-state index is 0.0947. The Morgan fingerprint density at radius 2 is 2.35 bits per heavy atom. The molecule has 0 bridgehead atoms. The maximum atomic E-state index is 12.8. The van der Waals surface area contributed by atoms with Crippen LogP contribution in [0.25, 0.3) is 0 Å². The summed E-state index contributed by atoms with van der Waals surface area (Å²) in [5.74, 6) is 0.0947. The molecule has 4 nitrogen and oxygen atoms in total. The molecule has 0 atom stereocenters. The summed E-state index contributed by atoms with van der Waals surface area (Å²) in [5, 5.41) is 4.16. The molecule has 3 rings (SSSR count). The summed E-state index contributed by atoms with van der Waals surface area (Å²) in [6.45, 7) is 3.48. The lowest BCUT2D eigenvalue weighted by Gasteiger charge is -2.22. The topological polar surface area (TPSA) is 51.3 Å². The van der Waals surface area contributed by atoms with Gasteiger partial charge in [-0.25, -0.2) is 0 Å². The Kier molecular flexibility index (Phi) is 3.53. The van der Waals surface area contributed by atoms with E-state index in [9.17, 15) is 4.79 Å². The number of aryl methyl sites for hydroxylation is 1. The van der Waals surface area contributed by atoms with Crippen LogP contribution in [0.4, 0.5) is 5.69 Å². The lowest BCUT2D eigenvalue weighted by atomic mass is 10.2. The van der Waals surface area contributed by atoms with Crippen molar-refractivity contribution in [3.63, 3.8) is 0 Å². The zero-order chi connectivity index (χ0) is 14.1. The summed E-state index contributed by atoms with van der Waals surface area (Å²) in [4.78, 5) is 14.8. The van der Waals surface area contributed by atoms with Gasteiger partial charge in [-0.2, -0.15) is 11.3 Å². The molecule has 1 aliphatic rings. The third-order valence-corrected chi connectivity index (χ3v) is 4.39. The Morgan fingerprint density at radius 3 is 2.95 bits per heavy atom. The standard InChI is InChI=1S/C15H19N3OS/c1-2-17-9-12(16)7-14(17)15(19)18(13-3-4-13)8-11-5-6-20-10-11/h5-7,9-10,13H,2-4,8,16H2,1H3. The fraction of sp³-hybridized carbons (Fsp3) is 0.400. The summed E-state index contributed by atoms with van der Waals surface area (Å²) in [5.41, 5.74) is 8.39. The van der Waals surface area contributed by atoms with Gasteiger partial charge in [-0.15, -0.1) is 0 Å². The van der Waals surface area contributed by atoms with E-state index in [4.69, 9.17) is 5.73 Å². The van der Waals surface area contributed by atoms with Crippen molar-refractivity contribution < 1.29 is 4.79 Å². The van der Waals surface area contributed by atoms with Crippen LogP contribution in [0.1, 0.15) is 35.8 Å². The van der Waals surface area contributed by atoms with E-state index in [0.717, 1.165) is 19.4 Å². The molecule has 5 heteroatoms. The highest BCUT2D eigenvalue weighted by atomic mass is 32.1. The van der Waals surface area contributed by atoms with Crippen molar-refractivity contribution in [3.05, 3.63) is 40.3 Å². The maximum Gasteiger partial charge on any atom is 0.271 e. The Labute approximate surface area is 122 Å². The number of nitrogens with two attached hydrogens (primary N) is 1. The van der Waals surface area contributed by atoms with Crippen molar-refractivity contribution >= 4 is 22.9 Å². The molecule has 2 N–H and O–H groups in total. The van der Waals surface area contributed by atoms with Crippen molar-refractivity contribution in [2.45, 2.75) is 38.9 Å². The summed E-state index contributed by atoms with van der Waals surface area (Å²) < 4.78 is 1.93. The van der Waals surface area contributed by atoms with E-state index in [1.54, 1.807) is 17.4 Å². The second-order valence-corrected chi connectivity index (χ2v) is 6.02. The Morgan fingerprint density at radius 1 is 1.55 bits per heavy atom. The lowest BCUT2D eigenvalue weighted by molar-refractivity contribution is 0.0719. The number of carbonyl (C=O) groups excluding carboxylic acids is 1. The highest BCUT2D eigenvalue weighted by molar-refractivity contribution is 7.07. The van der Waals surface area contributed by atoms with E-state index in [1.165, 1.54) is 5.56 Å². The highest BCUT2D eigenvalue weighted by Crippen LogP contribution is 2.30. The van der Waals surface area contributed by atoms with Crippen LogP contribution in [-0.2, 0) is 13.1 Å². The summed E-state index contributed by atoms with van der Waals surface area (Å²) in [6.07, 6.45) is 4.05. The third kappa shape index (κ3) is 2.58. The largest absolute Gasteiger partial charge is 0.397 e. The van der Waals surface area contributed by atoms with Gasteiger partial charge in [0, 0.05) is 25.3 Å². The lowest BCUT2D eigenvalue weighted by Crippen LogP contribution is -2.33. The van der Waals surface area contributed by atoms with E-state index in [0.29, 0.717) is 24.0 Å². The molecule has 2 heterocycles. The number of rotatable bonds is 5. The molecule has 0 spiro atoms. The second kappa shape index (κ2) is 5.32. The van der Waals surface area contributed by atoms with Crippen LogP contribution in [0.3, 0.4) is 0 Å². The zero-order valence-electron chi connectivity index (χ0n) is 11.6. The number of amides is 1. The van der Waals surface area contributed by atoms with Crippen LogP contribution < -0.4 is 5.73 Å². The van der Waals surface area contributed by atoms with Crippen molar-refractivity contribution in [2.24, 2.45) is 0 Å². The molecule has 106 valence electrons. The molecule has 0 unspecified atom stereocenters. The van der Waals surface area contributed by atoms with Gasteiger partial charge in [0.15, 0.2) is 0 Å². The van der Waals surface area contributed by atoms with Gasteiger partial charge in [0.1, 0.15) is 5.69 Å². The molecule has 0 saturated heterocycles. The van der Waals surface area contributed by atoms with Crippen LogP contribution in [0, 0.1) is 0 Å². The minimum absolute atomic E-state index is 0.0947. The molecule has 2 aromatic heterocycles. The number of hydrogen-bond acceptors (Lipinski definition) is 3. The average molecular weight is 289 g/mol. The van der Waals surface area contributed by atoms with Gasteiger partial charge in [-0.05, 0) is 48.2 Å².